The van der Waals surface area contributed by atoms with Crippen LogP contribution in [-0.2, 0) is 0 Å². The van der Waals surface area contributed by atoms with Gasteiger partial charge in [0, 0.05) is 12.0 Å². The molecule has 1 aromatic heterocycles. The largest absolute Gasteiger partial charge is 0.490 e. The van der Waals surface area contributed by atoms with Crippen LogP contribution in [-0.4, -0.2) is 17.3 Å². The smallest absolute Gasteiger partial charge is 0.246 e. The van der Waals surface area contributed by atoms with Gasteiger partial charge in [0.2, 0.25) is 6.23 Å². The molecule has 0 amide bonds. The van der Waals surface area contributed by atoms with Crippen LogP contribution in [0.2, 0.25) is 0 Å². The van der Waals surface area contributed by atoms with Gasteiger partial charge in [-0.2, -0.15) is 5.10 Å². The minimum absolute atomic E-state index is 0.0749. The lowest BCUT2D eigenvalue weighted by atomic mass is 9.95. The quantitative estimate of drug-likeness (QED) is 0.589. The molecule has 0 spiro atoms. The number of benzene rings is 2. The van der Waals surface area contributed by atoms with Crippen LogP contribution in [0.1, 0.15) is 53.6 Å². The van der Waals surface area contributed by atoms with Gasteiger partial charge in [-0.3, -0.25) is 0 Å². The monoisotopic (exact) mass is 388 g/mol. The zero-order valence-corrected chi connectivity index (χ0v) is 16.9. The standard InChI is InChI=1S/C24H24N2O3/c1-4-27-21-8-5-7-18-20-14-19(17-11-10-15(2)16(3)13-17)25-26(20)24(29-23(18)21)22-9-6-12-28-22/h5-13,20,24H,4,14H2,1-3H3. The number of hydrogen-bond acceptors (Lipinski definition) is 5. The van der Waals surface area contributed by atoms with Gasteiger partial charge in [0.1, 0.15) is 0 Å². The molecule has 0 bridgehead atoms. The lowest BCUT2D eigenvalue weighted by Gasteiger charge is -2.37. The lowest BCUT2D eigenvalue weighted by molar-refractivity contribution is -0.0344. The number of furan rings is 1. The van der Waals surface area contributed by atoms with Gasteiger partial charge in [0.15, 0.2) is 17.3 Å². The number of fused-ring (bicyclic) bond motifs is 3. The van der Waals surface area contributed by atoms with E-state index in [0.29, 0.717) is 6.61 Å². The molecule has 2 aliphatic rings. The van der Waals surface area contributed by atoms with Gasteiger partial charge in [0.05, 0.1) is 24.6 Å². The van der Waals surface area contributed by atoms with E-state index in [2.05, 4.69) is 38.1 Å². The average molecular weight is 388 g/mol. The van der Waals surface area contributed by atoms with E-state index >= 15 is 0 Å². The molecule has 3 aromatic rings. The molecule has 0 radical (unpaired) electrons. The molecule has 0 N–H and O–H groups in total. The summed E-state index contributed by atoms with van der Waals surface area (Å²) in [7, 11) is 0. The fraction of sp³-hybridized carbons (Fsp3) is 0.292. The van der Waals surface area contributed by atoms with Gasteiger partial charge in [-0.25, -0.2) is 5.01 Å². The summed E-state index contributed by atoms with van der Waals surface area (Å²) in [5.41, 5.74) is 5.87. The zero-order chi connectivity index (χ0) is 20.0. The fourth-order valence-electron chi connectivity index (χ4n) is 4.07. The highest BCUT2D eigenvalue weighted by Gasteiger charge is 2.43. The summed E-state index contributed by atoms with van der Waals surface area (Å²) < 4.78 is 17.9. The number of rotatable bonds is 4. The number of hydrazone groups is 1. The van der Waals surface area contributed by atoms with Crippen molar-refractivity contribution >= 4 is 5.71 Å². The molecule has 0 saturated heterocycles. The molecule has 2 aliphatic heterocycles. The first-order chi connectivity index (χ1) is 14.2. The molecule has 5 heteroatoms. The van der Waals surface area contributed by atoms with Crippen LogP contribution < -0.4 is 9.47 Å². The number of hydrogen-bond donors (Lipinski definition) is 0. The van der Waals surface area contributed by atoms with E-state index in [4.69, 9.17) is 19.0 Å². The first kappa shape index (κ1) is 17.9. The molecule has 5 nitrogen and oxygen atoms in total. The first-order valence-electron chi connectivity index (χ1n) is 10.0. The molecule has 148 valence electrons. The highest BCUT2D eigenvalue weighted by atomic mass is 16.5. The topological polar surface area (TPSA) is 47.2 Å². The number of nitrogens with zero attached hydrogens (tertiary/aromatic N) is 2. The second-order valence-electron chi connectivity index (χ2n) is 7.54. The molecule has 2 unspecified atom stereocenters. The van der Waals surface area contributed by atoms with Crippen molar-refractivity contribution in [3.63, 3.8) is 0 Å². The highest BCUT2D eigenvalue weighted by Crippen LogP contribution is 2.50. The molecule has 0 fully saturated rings. The molecule has 5 rings (SSSR count). The van der Waals surface area contributed by atoms with E-state index in [-0.39, 0.29) is 6.04 Å². The summed E-state index contributed by atoms with van der Waals surface area (Å²) >= 11 is 0. The Morgan fingerprint density at radius 3 is 2.76 bits per heavy atom. The Labute approximate surface area is 170 Å². The van der Waals surface area contributed by atoms with Gasteiger partial charge in [0.25, 0.3) is 0 Å². The Hall–Kier alpha value is -3.21. The maximum absolute atomic E-state index is 6.40. The summed E-state index contributed by atoms with van der Waals surface area (Å²) in [5.74, 6) is 2.28. The van der Waals surface area contributed by atoms with Gasteiger partial charge in [-0.15, -0.1) is 0 Å². The van der Waals surface area contributed by atoms with E-state index in [1.165, 1.54) is 11.1 Å². The van der Waals surface area contributed by atoms with Crippen LogP contribution in [0.3, 0.4) is 0 Å². The van der Waals surface area contributed by atoms with Gasteiger partial charge in [-0.05, 0) is 61.7 Å². The average Bonchev–Trinajstić information content (AvgIpc) is 3.40. The van der Waals surface area contributed by atoms with Crippen molar-refractivity contribution in [1.29, 1.82) is 0 Å². The van der Waals surface area contributed by atoms with Gasteiger partial charge >= 0.3 is 0 Å². The van der Waals surface area contributed by atoms with Crippen molar-refractivity contribution in [2.75, 3.05) is 6.61 Å². The minimum Gasteiger partial charge on any atom is -0.490 e. The predicted octanol–water partition coefficient (Wildman–Crippen LogP) is 5.54. The molecule has 29 heavy (non-hydrogen) atoms. The van der Waals surface area contributed by atoms with E-state index in [9.17, 15) is 0 Å². The molecular formula is C24H24N2O3. The van der Waals surface area contributed by atoms with Crippen LogP contribution in [0.25, 0.3) is 0 Å². The van der Waals surface area contributed by atoms with Crippen molar-refractivity contribution in [1.82, 2.24) is 5.01 Å². The van der Waals surface area contributed by atoms with E-state index in [0.717, 1.165) is 40.5 Å². The van der Waals surface area contributed by atoms with Crippen LogP contribution in [0.15, 0.2) is 64.3 Å². The van der Waals surface area contributed by atoms with Crippen LogP contribution in [0.5, 0.6) is 11.5 Å². The highest BCUT2D eigenvalue weighted by molar-refractivity contribution is 6.02. The van der Waals surface area contributed by atoms with Gasteiger partial charge in [-0.1, -0.05) is 24.3 Å². The number of ether oxygens (including phenoxy) is 2. The number of aryl methyl sites for hydroxylation is 2. The molecule has 3 heterocycles. The Balaban J connectivity index is 1.60. The van der Waals surface area contributed by atoms with Crippen molar-refractivity contribution < 1.29 is 13.9 Å². The third-order valence-electron chi connectivity index (χ3n) is 5.71. The Bertz CT molecular complexity index is 1070. The SMILES string of the molecule is CCOc1cccc2c1OC(c1ccco1)N1N=C(c3ccc(C)c(C)c3)CC21. The Morgan fingerprint density at radius 1 is 1.10 bits per heavy atom. The van der Waals surface area contributed by atoms with E-state index < -0.39 is 6.23 Å². The van der Waals surface area contributed by atoms with Crippen molar-refractivity contribution in [3.05, 3.63) is 82.8 Å². The second-order valence-corrected chi connectivity index (χ2v) is 7.54. The van der Waals surface area contributed by atoms with Crippen molar-refractivity contribution in [2.24, 2.45) is 5.10 Å². The first-order valence-corrected chi connectivity index (χ1v) is 10.0. The third-order valence-corrected chi connectivity index (χ3v) is 5.71. The fourth-order valence-corrected chi connectivity index (χ4v) is 4.07. The minimum atomic E-state index is -0.423. The lowest BCUT2D eigenvalue weighted by Crippen LogP contribution is -2.33. The Kier molecular flexibility index (Phi) is 4.31. The summed E-state index contributed by atoms with van der Waals surface area (Å²) in [6.45, 7) is 6.84. The predicted molar refractivity (Wildman–Crippen MR) is 111 cm³/mol. The maximum atomic E-state index is 6.40. The van der Waals surface area contributed by atoms with E-state index in [1.54, 1.807) is 6.26 Å². The normalized spacial score (nSPS) is 20.0. The van der Waals surface area contributed by atoms with Crippen molar-refractivity contribution in [3.8, 4) is 11.5 Å². The zero-order valence-electron chi connectivity index (χ0n) is 16.9. The van der Waals surface area contributed by atoms with E-state index in [1.807, 2.05) is 36.2 Å². The summed E-state index contributed by atoms with van der Waals surface area (Å²) in [4.78, 5) is 0. The third kappa shape index (κ3) is 2.97. The molecule has 0 saturated carbocycles. The molecule has 0 aliphatic carbocycles. The Morgan fingerprint density at radius 2 is 2.00 bits per heavy atom. The molecule has 2 aromatic carbocycles. The second kappa shape index (κ2) is 6.99. The summed E-state index contributed by atoms with van der Waals surface area (Å²) in [6.07, 6.45) is 2.06. The van der Waals surface area contributed by atoms with Gasteiger partial charge < -0.3 is 13.9 Å². The van der Waals surface area contributed by atoms with Crippen LogP contribution in [0, 0.1) is 13.8 Å². The van der Waals surface area contributed by atoms with Crippen LogP contribution >= 0.6 is 0 Å². The number of para-hydroxylation sites is 1. The molecule has 2 atom stereocenters. The summed E-state index contributed by atoms with van der Waals surface area (Å²) in [5, 5.41) is 7.02. The van der Waals surface area contributed by atoms with Crippen molar-refractivity contribution in [2.45, 2.75) is 39.5 Å². The summed E-state index contributed by atoms with van der Waals surface area (Å²) in [6, 6.07) is 16.5. The molecular weight excluding hydrogens is 364 g/mol. The van der Waals surface area contributed by atoms with Crippen LogP contribution in [0.4, 0.5) is 0 Å². The maximum Gasteiger partial charge on any atom is 0.246 e.